The van der Waals surface area contributed by atoms with Gasteiger partial charge in [0.1, 0.15) is 10.2 Å². The average molecular weight is 382 g/mol. The van der Waals surface area contributed by atoms with E-state index in [9.17, 15) is 0 Å². The third-order valence-electron chi connectivity index (χ3n) is 2.81. The molecule has 0 saturated heterocycles. The number of anilines is 1. The van der Waals surface area contributed by atoms with Gasteiger partial charge < -0.3 is 5.43 Å². The number of aromatic nitrogens is 2. The molecule has 3 aromatic rings. The van der Waals surface area contributed by atoms with Gasteiger partial charge in [-0.15, -0.1) is 11.3 Å². The summed E-state index contributed by atoms with van der Waals surface area (Å²) in [5, 5.41) is 0. The second-order valence-electron chi connectivity index (χ2n) is 4.20. The molecule has 1 aromatic carbocycles. The number of nitrogen functional groups attached to an aromatic ring is 1. The summed E-state index contributed by atoms with van der Waals surface area (Å²) < 4.78 is 1.50. The van der Waals surface area contributed by atoms with Crippen molar-refractivity contribution in [3.63, 3.8) is 0 Å². The summed E-state index contributed by atoms with van der Waals surface area (Å²) in [6, 6.07) is 13.6. The molecule has 4 nitrogen and oxygen atoms in total. The van der Waals surface area contributed by atoms with Crippen LogP contribution in [0.4, 0.5) is 5.82 Å². The van der Waals surface area contributed by atoms with Crippen LogP contribution in [0.2, 0.25) is 4.34 Å². The molecule has 0 saturated carbocycles. The number of rotatable bonds is 3. The molecule has 0 fully saturated rings. The smallest absolute Gasteiger partial charge is 0.172 e. The Kier molecular flexibility index (Phi) is 4.21. The van der Waals surface area contributed by atoms with Gasteiger partial charge in [0.05, 0.1) is 10.6 Å². The van der Waals surface area contributed by atoms with E-state index in [2.05, 4.69) is 31.3 Å². The molecule has 3 N–H and O–H groups in total. The summed E-state index contributed by atoms with van der Waals surface area (Å²) in [4.78, 5) is 9.86. The summed E-state index contributed by atoms with van der Waals surface area (Å²) in [7, 11) is 0. The third kappa shape index (κ3) is 3.08. The second-order valence-corrected chi connectivity index (χ2v) is 6.71. The van der Waals surface area contributed by atoms with Gasteiger partial charge in [-0.05, 0) is 22.0 Å². The SMILES string of the molecule is NNc1cc(-c2ccccc2)nc(-c2cc(Br)c(Cl)s2)n1. The first-order chi connectivity index (χ1) is 10.2. The van der Waals surface area contributed by atoms with Crippen molar-refractivity contribution < 1.29 is 0 Å². The number of hydrogen-bond donors (Lipinski definition) is 2. The Bertz CT molecular complexity index is 756. The monoisotopic (exact) mass is 380 g/mol. The van der Waals surface area contributed by atoms with Crippen molar-refractivity contribution in [3.05, 3.63) is 51.3 Å². The summed E-state index contributed by atoms with van der Waals surface area (Å²) >= 11 is 10.9. The predicted molar refractivity (Wildman–Crippen MR) is 91.3 cm³/mol. The Balaban J connectivity index is 2.13. The number of thiophene rings is 1. The highest BCUT2D eigenvalue weighted by molar-refractivity contribution is 9.10. The van der Waals surface area contributed by atoms with Crippen molar-refractivity contribution in [2.75, 3.05) is 5.43 Å². The largest absolute Gasteiger partial charge is 0.308 e. The van der Waals surface area contributed by atoms with E-state index < -0.39 is 0 Å². The molecule has 2 aromatic heterocycles. The number of benzene rings is 1. The zero-order valence-corrected chi connectivity index (χ0v) is 13.8. The lowest BCUT2D eigenvalue weighted by Crippen LogP contribution is -2.09. The van der Waals surface area contributed by atoms with Gasteiger partial charge in [0.2, 0.25) is 0 Å². The molecule has 3 rings (SSSR count). The molecule has 0 spiro atoms. The van der Waals surface area contributed by atoms with Crippen LogP contribution >= 0.6 is 38.9 Å². The lowest BCUT2D eigenvalue weighted by Gasteiger charge is -2.06. The summed E-state index contributed by atoms with van der Waals surface area (Å²) in [6.45, 7) is 0. The predicted octanol–water partition coefficient (Wildman–Crippen LogP) is 4.57. The maximum absolute atomic E-state index is 6.09. The highest BCUT2D eigenvalue weighted by Gasteiger charge is 2.12. The van der Waals surface area contributed by atoms with Crippen LogP contribution in [0.1, 0.15) is 0 Å². The highest BCUT2D eigenvalue weighted by atomic mass is 79.9. The van der Waals surface area contributed by atoms with E-state index in [0.29, 0.717) is 16.0 Å². The van der Waals surface area contributed by atoms with E-state index in [1.165, 1.54) is 11.3 Å². The summed E-state index contributed by atoms with van der Waals surface area (Å²) in [5.41, 5.74) is 4.38. The topological polar surface area (TPSA) is 63.8 Å². The van der Waals surface area contributed by atoms with E-state index in [4.69, 9.17) is 17.4 Å². The third-order valence-corrected chi connectivity index (χ3v) is 5.28. The van der Waals surface area contributed by atoms with Gasteiger partial charge in [-0.2, -0.15) is 0 Å². The Hall–Kier alpha value is -1.47. The van der Waals surface area contributed by atoms with Crippen LogP contribution in [-0.4, -0.2) is 9.97 Å². The Labute approximate surface area is 139 Å². The molecule has 0 atom stereocenters. The number of nitrogens with one attached hydrogen (secondary N) is 1. The Morgan fingerprint density at radius 2 is 1.90 bits per heavy atom. The maximum Gasteiger partial charge on any atom is 0.172 e. The molecule has 2 heterocycles. The number of hydrogen-bond acceptors (Lipinski definition) is 5. The number of halogens is 2. The zero-order chi connectivity index (χ0) is 14.8. The van der Waals surface area contributed by atoms with Crippen LogP contribution in [0, 0.1) is 0 Å². The molecule has 0 unspecified atom stereocenters. The first kappa shape index (κ1) is 14.5. The maximum atomic E-state index is 6.09. The molecule has 0 aliphatic heterocycles. The average Bonchev–Trinajstić information content (AvgIpc) is 2.87. The van der Waals surface area contributed by atoms with Gasteiger partial charge >= 0.3 is 0 Å². The van der Waals surface area contributed by atoms with E-state index in [-0.39, 0.29) is 0 Å². The van der Waals surface area contributed by atoms with Crippen LogP contribution in [0.15, 0.2) is 46.9 Å². The molecule has 7 heteroatoms. The van der Waals surface area contributed by atoms with Crippen LogP contribution in [-0.2, 0) is 0 Å². The van der Waals surface area contributed by atoms with Gasteiger partial charge in [-0.25, -0.2) is 15.8 Å². The number of nitrogens with two attached hydrogens (primary N) is 1. The van der Waals surface area contributed by atoms with Crippen molar-refractivity contribution in [3.8, 4) is 22.0 Å². The molecule has 21 heavy (non-hydrogen) atoms. The molecule has 0 bridgehead atoms. The number of nitrogens with zero attached hydrogens (tertiary/aromatic N) is 2. The Morgan fingerprint density at radius 3 is 2.52 bits per heavy atom. The minimum Gasteiger partial charge on any atom is -0.308 e. The fraction of sp³-hybridized carbons (Fsp3) is 0. The van der Waals surface area contributed by atoms with Gasteiger partial charge in [0.15, 0.2) is 5.82 Å². The van der Waals surface area contributed by atoms with E-state index >= 15 is 0 Å². The van der Waals surface area contributed by atoms with E-state index in [1.54, 1.807) is 0 Å². The number of hydrazine groups is 1. The fourth-order valence-electron chi connectivity index (χ4n) is 1.84. The minimum atomic E-state index is 0.555. The lowest BCUT2D eigenvalue weighted by molar-refractivity contribution is 1.16. The molecule has 0 radical (unpaired) electrons. The summed E-state index contributed by atoms with van der Waals surface area (Å²) in [6.07, 6.45) is 0. The normalized spacial score (nSPS) is 10.6. The van der Waals surface area contributed by atoms with Crippen molar-refractivity contribution >= 4 is 44.7 Å². The van der Waals surface area contributed by atoms with Crippen LogP contribution in [0.5, 0.6) is 0 Å². The molecular weight excluding hydrogens is 372 g/mol. The van der Waals surface area contributed by atoms with Crippen molar-refractivity contribution in [1.82, 2.24) is 9.97 Å². The molecule has 0 aliphatic rings. The molecule has 106 valence electrons. The molecule has 0 aliphatic carbocycles. The van der Waals surface area contributed by atoms with Gasteiger partial charge in [-0.3, -0.25) is 0 Å². The Morgan fingerprint density at radius 1 is 1.14 bits per heavy atom. The highest BCUT2D eigenvalue weighted by Crippen LogP contribution is 2.37. The van der Waals surface area contributed by atoms with E-state index in [1.807, 2.05) is 42.5 Å². The van der Waals surface area contributed by atoms with Crippen molar-refractivity contribution in [1.29, 1.82) is 0 Å². The lowest BCUT2D eigenvalue weighted by atomic mass is 10.1. The van der Waals surface area contributed by atoms with Crippen LogP contribution in [0.3, 0.4) is 0 Å². The quantitative estimate of drug-likeness (QED) is 0.515. The molecular formula is C14H10BrClN4S. The fourth-order valence-corrected chi connectivity index (χ4v) is 3.48. The molecule has 0 amide bonds. The minimum absolute atomic E-state index is 0.555. The van der Waals surface area contributed by atoms with Crippen LogP contribution in [0.25, 0.3) is 22.0 Å². The zero-order valence-electron chi connectivity index (χ0n) is 10.7. The van der Waals surface area contributed by atoms with Crippen molar-refractivity contribution in [2.24, 2.45) is 5.84 Å². The standard InChI is InChI=1S/C14H10BrClN4S/c15-9-6-11(21-13(9)16)14-18-10(7-12(19-14)20-17)8-4-2-1-3-5-8/h1-7H,17H2,(H,18,19,20). The van der Waals surface area contributed by atoms with E-state index in [0.717, 1.165) is 20.6 Å². The van der Waals surface area contributed by atoms with Gasteiger partial charge in [-0.1, -0.05) is 41.9 Å². The summed E-state index contributed by atoms with van der Waals surface area (Å²) in [5.74, 6) is 6.65. The first-order valence-electron chi connectivity index (χ1n) is 6.03. The van der Waals surface area contributed by atoms with Gasteiger partial charge in [0, 0.05) is 16.1 Å². The van der Waals surface area contributed by atoms with Gasteiger partial charge in [0.25, 0.3) is 0 Å². The van der Waals surface area contributed by atoms with Crippen LogP contribution < -0.4 is 11.3 Å². The second kappa shape index (κ2) is 6.11. The van der Waals surface area contributed by atoms with Crippen molar-refractivity contribution in [2.45, 2.75) is 0 Å². The first-order valence-corrected chi connectivity index (χ1v) is 8.02.